The summed E-state index contributed by atoms with van der Waals surface area (Å²) >= 11 is 5.97. The van der Waals surface area contributed by atoms with E-state index in [0.29, 0.717) is 11.4 Å². The van der Waals surface area contributed by atoms with E-state index in [1.807, 2.05) is 44.2 Å². The predicted octanol–water partition coefficient (Wildman–Crippen LogP) is 5.38. The smallest absolute Gasteiger partial charge is 0.224 e. The van der Waals surface area contributed by atoms with Crippen LogP contribution in [0.3, 0.4) is 0 Å². The number of hydrogen-bond acceptors (Lipinski definition) is 3. The lowest BCUT2D eigenvalue weighted by Crippen LogP contribution is -2.15. The molecule has 0 spiro atoms. The van der Waals surface area contributed by atoms with E-state index < -0.39 is 5.82 Å². The number of aryl methyl sites for hydroxylation is 2. The number of para-hydroxylation sites is 1. The number of aromatic nitrogens is 3. The zero-order valence-electron chi connectivity index (χ0n) is 16.6. The van der Waals surface area contributed by atoms with Gasteiger partial charge in [-0.15, -0.1) is 0 Å². The van der Waals surface area contributed by atoms with Gasteiger partial charge in [0.25, 0.3) is 0 Å². The highest BCUT2D eigenvalue weighted by molar-refractivity contribution is 6.30. The molecule has 30 heavy (non-hydrogen) atoms. The highest BCUT2D eigenvalue weighted by Gasteiger charge is 2.15. The van der Waals surface area contributed by atoms with Crippen LogP contribution in [0.25, 0.3) is 16.9 Å². The summed E-state index contributed by atoms with van der Waals surface area (Å²) in [6.45, 7) is 3.89. The van der Waals surface area contributed by atoms with E-state index in [-0.39, 0.29) is 18.0 Å². The Morgan fingerprint density at radius 1 is 1.13 bits per heavy atom. The summed E-state index contributed by atoms with van der Waals surface area (Å²) in [6.07, 6.45) is 0.700. The van der Waals surface area contributed by atoms with Crippen LogP contribution < -0.4 is 5.32 Å². The van der Waals surface area contributed by atoms with Crippen molar-refractivity contribution in [2.45, 2.75) is 26.7 Å². The van der Waals surface area contributed by atoms with Gasteiger partial charge in [-0.2, -0.15) is 5.10 Å². The largest absolute Gasteiger partial charge is 0.324 e. The molecule has 5 nitrogen and oxygen atoms in total. The van der Waals surface area contributed by atoms with Crippen LogP contribution in [0.15, 0.2) is 54.6 Å². The number of rotatable bonds is 5. The quantitative estimate of drug-likeness (QED) is 0.470. The summed E-state index contributed by atoms with van der Waals surface area (Å²) in [7, 11) is 0. The molecular formula is C23H20ClFN4O. The van der Waals surface area contributed by atoms with Gasteiger partial charge in [-0.3, -0.25) is 4.79 Å². The molecule has 7 heteroatoms. The summed E-state index contributed by atoms with van der Waals surface area (Å²) in [4.78, 5) is 17.0. The van der Waals surface area contributed by atoms with E-state index >= 15 is 0 Å². The summed E-state index contributed by atoms with van der Waals surface area (Å²) in [5, 5.41) is 7.97. The number of amides is 1. The molecule has 0 aliphatic rings. The van der Waals surface area contributed by atoms with Crippen molar-refractivity contribution in [1.82, 2.24) is 14.6 Å². The molecule has 0 radical (unpaired) electrons. The van der Waals surface area contributed by atoms with Crippen molar-refractivity contribution >= 4 is 28.8 Å². The molecule has 0 saturated heterocycles. The highest BCUT2D eigenvalue weighted by Crippen LogP contribution is 2.24. The molecule has 2 aromatic carbocycles. The average Bonchev–Trinajstić information content (AvgIpc) is 3.14. The van der Waals surface area contributed by atoms with Crippen molar-refractivity contribution in [2.24, 2.45) is 0 Å². The molecule has 1 amide bonds. The molecule has 2 aromatic heterocycles. The number of halogens is 2. The lowest BCUT2D eigenvalue weighted by atomic mass is 10.1. The van der Waals surface area contributed by atoms with Gasteiger partial charge in [0.15, 0.2) is 5.65 Å². The van der Waals surface area contributed by atoms with Crippen molar-refractivity contribution in [1.29, 1.82) is 0 Å². The first-order valence-electron chi connectivity index (χ1n) is 9.58. The van der Waals surface area contributed by atoms with E-state index in [1.54, 1.807) is 22.7 Å². The summed E-state index contributed by atoms with van der Waals surface area (Å²) in [6, 6.07) is 15.5. The monoisotopic (exact) mass is 422 g/mol. The lowest BCUT2D eigenvalue weighted by Gasteiger charge is -2.11. The number of anilines is 1. The maximum atomic E-state index is 13.7. The van der Waals surface area contributed by atoms with Gasteiger partial charge in [0.1, 0.15) is 5.82 Å². The zero-order chi connectivity index (χ0) is 21.3. The molecule has 0 aliphatic heterocycles. The molecule has 0 fully saturated rings. The fourth-order valence-corrected chi connectivity index (χ4v) is 3.59. The second kappa shape index (κ2) is 8.24. The van der Waals surface area contributed by atoms with Gasteiger partial charge in [-0.25, -0.2) is 13.9 Å². The number of nitrogens with zero attached hydrogens (tertiary/aromatic N) is 3. The van der Waals surface area contributed by atoms with Crippen molar-refractivity contribution < 1.29 is 9.18 Å². The third-order valence-electron chi connectivity index (χ3n) is 5.05. The molecule has 4 aromatic rings. The van der Waals surface area contributed by atoms with Crippen molar-refractivity contribution in [3.05, 3.63) is 82.4 Å². The minimum Gasteiger partial charge on any atom is -0.324 e. The van der Waals surface area contributed by atoms with E-state index in [4.69, 9.17) is 11.6 Å². The summed E-state index contributed by atoms with van der Waals surface area (Å²) < 4.78 is 15.5. The number of benzene rings is 2. The van der Waals surface area contributed by atoms with E-state index in [1.165, 1.54) is 6.07 Å². The van der Waals surface area contributed by atoms with Crippen molar-refractivity contribution in [2.75, 3.05) is 5.32 Å². The molecular weight excluding hydrogens is 403 g/mol. The van der Waals surface area contributed by atoms with Crippen LogP contribution in [0.2, 0.25) is 5.02 Å². The van der Waals surface area contributed by atoms with Gasteiger partial charge in [0.2, 0.25) is 5.91 Å². The van der Waals surface area contributed by atoms with Crippen LogP contribution in [0.4, 0.5) is 10.1 Å². The number of nitrogens with one attached hydrogen (secondary N) is 1. The van der Waals surface area contributed by atoms with Crippen LogP contribution >= 0.6 is 11.6 Å². The maximum absolute atomic E-state index is 13.7. The van der Waals surface area contributed by atoms with Gasteiger partial charge in [-0.05, 0) is 50.1 Å². The van der Waals surface area contributed by atoms with Crippen LogP contribution in [-0.4, -0.2) is 20.5 Å². The van der Waals surface area contributed by atoms with Gasteiger partial charge in [-0.1, -0.05) is 35.9 Å². The number of carbonyl (C=O) groups excluding carboxylic acids is 1. The molecule has 0 unspecified atom stereocenters. The third kappa shape index (κ3) is 4.04. The van der Waals surface area contributed by atoms with Crippen molar-refractivity contribution in [3.8, 4) is 11.3 Å². The normalized spacial score (nSPS) is 11.1. The predicted molar refractivity (Wildman–Crippen MR) is 116 cm³/mol. The Hall–Kier alpha value is -3.25. The van der Waals surface area contributed by atoms with Crippen LogP contribution in [-0.2, 0) is 11.2 Å². The number of carbonyl (C=O) groups is 1. The fraction of sp³-hybridized carbons (Fsp3) is 0.174. The van der Waals surface area contributed by atoms with Gasteiger partial charge in [0, 0.05) is 34.5 Å². The minimum absolute atomic E-state index is 0.184. The molecule has 152 valence electrons. The second-order valence-corrected chi connectivity index (χ2v) is 7.53. The number of fused-ring (bicyclic) bond motifs is 1. The molecule has 0 bridgehead atoms. The minimum atomic E-state index is -0.451. The first-order valence-corrected chi connectivity index (χ1v) is 9.96. The standard InChI is InChI=1S/C23H20ClFN4O/c1-14-18(11-12-23(30)27-20-6-4-3-5-19(20)25)15(2)29-22(26-14)13-21(28-29)16-7-9-17(24)10-8-16/h3-10,13H,11-12H2,1-2H3,(H,27,30). The van der Waals surface area contributed by atoms with Crippen LogP contribution in [0.1, 0.15) is 23.4 Å². The van der Waals surface area contributed by atoms with Crippen LogP contribution in [0, 0.1) is 19.7 Å². The molecule has 0 aliphatic carbocycles. The van der Waals surface area contributed by atoms with E-state index in [0.717, 1.165) is 33.9 Å². The Bertz CT molecular complexity index is 1230. The molecule has 0 saturated carbocycles. The molecule has 0 atom stereocenters. The number of hydrogen-bond donors (Lipinski definition) is 1. The average molecular weight is 423 g/mol. The van der Waals surface area contributed by atoms with Gasteiger partial charge >= 0.3 is 0 Å². The Kier molecular flexibility index (Phi) is 5.50. The maximum Gasteiger partial charge on any atom is 0.224 e. The molecule has 2 heterocycles. The first-order chi connectivity index (χ1) is 14.4. The van der Waals surface area contributed by atoms with Gasteiger partial charge in [0.05, 0.1) is 11.4 Å². The van der Waals surface area contributed by atoms with E-state index in [2.05, 4.69) is 15.4 Å². The molecule has 1 N–H and O–H groups in total. The van der Waals surface area contributed by atoms with Gasteiger partial charge < -0.3 is 5.32 Å². The van der Waals surface area contributed by atoms with Crippen LogP contribution in [0.5, 0.6) is 0 Å². The highest BCUT2D eigenvalue weighted by atomic mass is 35.5. The summed E-state index contributed by atoms with van der Waals surface area (Å²) in [5.74, 6) is -0.700. The second-order valence-electron chi connectivity index (χ2n) is 7.10. The lowest BCUT2D eigenvalue weighted by molar-refractivity contribution is -0.116. The zero-order valence-corrected chi connectivity index (χ0v) is 17.4. The first kappa shape index (κ1) is 20.0. The fourth-order valence-electron chi connectivity index (χ4n) is 3.46. The van der Waals surface area contributed by atoms with E-state index in [9.17, 15) is 9.18 Å². The Labute approximate surface area is 178 Å². The Morgan fingerprint density at radius 2 is 1.87 bits per heavy atom. The Morgan fingerprint density at radius 3 is 2.60 bits per heavy atom. The molecule has 4 rings (SSSR count). The topological polar surface area (TPSA) is 59.3 Å². The Balaban J connectivity index is 1.56. The SMILES string of the molecule is Cc1nc2cc(-c3ccc(Cl)cc3)nn2c(C)c1CCC(=O)Nc1ccccc1F. The summed E-state index contributed by atoms with van der Waals surface area (Å²) in [5.41, 5.74) is 5.41. The third-order valence-corrected chi connectivity index (χ3v) is 5.31. The van der Waals surface area contributed by atoms with Crippen molar-refractivity contribution in [3.63, 3.8) is 0 Å².